The summed E-state index contributed by atoms with van der Waals surface area (Å²) in [5.41, 5.74) is 0. The number of rotatable bonds is 13. The largest absolute Gasteiger partial charge is 0.384 e. The molecule has 4 heteroatoms. The van der Waals surface area contributed by atoms with E-state index in [4.69, 9.17) is 4.74 Å². The third kappa shape index (κ3) is 29.4. The number of methoxy groups -OCH3 is 1. The van der Waals surface area contributed by atoms with E-state index < -0.39 is 0 Å². The minimum Gasteiger partial charge on any atom is -0.384 e. The van der Waals surface area contributed by atoms with Crippen molar-refractivity contribution in [3.63, 3.8) is 0 Å². The fraction of sp³-hybridized carbons (Fsp3) is 0.920. The fourth-order valence-corrected chi connectivity index (χ4v) is 2.22. The van der Waals surface area contributed by atoms with Crippen molar-refractivity contribution in [3.05, 3.63) is 0 Å². The van der Waals surface area contributed by atoms with Gasteiger partial charge in [0.2, 0.25) is 5.91 Å². The van der Waals surface area contributed by atoms with Crippen molar-refractivity contribution in [2.45, 2.75) is 107 Å². The maximum atomic E-state index is 10.8. The number of hydrogen-bond donors (Lipinski definition) is 1. The highest BCUT2D eigenvalue weighted by Gasteiger charge is 2.04. The van der Waals surface area contributed by atoms with Crippen molar-refractivity contribution in [2.24, 2.45) is 23.7 Å². The predicted octanol–water partition coefficient (Wildman–Crippen LogP) is 6.67. The Labute approximate surface area is 182 Å². The van der Waals surface area contributed by atoms with Crippen LogP contribution in [0.15, 0.2) is 0 Å². The molecule has 0 aliphatic carbocycles. The molecule has 0 aliphatic heterocycles. The van der Waals surface area contributed by atoms with Gasteiger partial charge in [-0.15, -0.1) is 0 Å². The highest BCUT2D eigenvalue weighted by molar-refractivity contribution is 5.77. The Kier molecular flexibility index (Phi) is 26.4. The summed E-state index contributed by atoms with van der Waals surface area (Å²) in [6, 6.07) is 0. The number of Topliss-reactive ketones (excluding diaryl/α,β-unsaturated/α-hetero) is 1. The van der Waals surface area contributed by atoms with Crippen molar-refractivity contribution in [1.82, 2.24) is 5.32 Å². The van der Waals surface area contributed by atoms with Crippen LogP contribution in [0.2, 0.25) is 0 Å². The molecule has 3 atom stereocenters. The van der Waals surface area contributed by atoms with Crippen LogP contribution in [0, 0.1) is 23.7 Å². The average Bonchev–Trinajstić information content (AvgIpc) is 2.67. The molecule has 0 fully saturated rings. The molecule has 0 aromatic carbocycles. The van der Waals surface area contributed by atoms with E-state index >= 15 is 0 Å². The van der Waals surface area contributed by atoms with Crippen molar-refractivity contribution >= 4 is 11.7 Å². The quantitative estimate of drug-likeness (QED) is 0.365. The van der Waals surface area contributed by atoms with Gasteiger partial charge in [-0.3, -0.25) is 9.59 Å². The molecule has 0 aliphatic rings. The van der Waals surface area contributed by atoms with Gasteiger partial charge in [-0.1, -0.05) is 87.5 Å². The molecule has 0 rings (SSSR count). The summed E-state index contributed by atoms with van der Waals surface area (Å²) in [6.45, 7) is 20.2. The van der Waals surface area contributed by atoms with Gasteiger partial charge in [0.05, 0.1) is 6.61 Å². The molecule has 4 nitrogen and oxygen atoms in total. The van der Waals surface area contributed by atoms with Crippen molar-refractivity contribution < 1.29 is 14.3 Å². The van der Waals surface area contributed by atoms with E-state index in [0.717, 1.165) is 24.8 Å². The van der Waals surface area contributed by atoms with Gasteiger partial charge in [-0.05, 0) is 31.1 Å². The second kappa shape index (κ2) is 23.4. The standard InChI is InChI=1S/C11H24.C8H17NO.C6H12O2/c1-5-10(3)8-7-9-11(4)6-2;1-4-5-8(10)9-6-7(2)3;1-5(4-8-3)6(2)7/h10-11H,5-9H2,1-4H3;7H,4-6H2,1-3H3,(H,9,10);5H,4H2,1-3H3. The lowest BCUT2D eigenvalue weighted by Gasteiger charge is -2.10. The van der Waals surface area contributed by atoms with Crippen molar-refractivity contribution in [2.75, 3.05) is 20.3 Å². The summed E-state index contributed by atoms with van der Waals surface area (Å²) in [7, 11) is 1.60. The van der Waals surface area contributed by atoms with E-state index in [-0.39, 0.29) is 17.6 Å². The van der Waals surface area contributed by atoms with Gasteiger partial charge in [0.1, 0.15) is 5.78 Å². The molecular weight excluding hydrogens is 362 g/mol. The molecule has 3 unspecified atom stereocenters. The molecule has 0 aromatic heterocycles. The third-order valence-corrected chi connectivity index (χ3v) is 5.08. The monoisotopic (exact) mass is 415 g/mol. The van der Waals surface area contributed by atoms with E-state index in [9.17, 15) is 9.59 Å². The van der Waals surface area contributed by atoms with E-state index in [2.05, 4.69) is 46.9 Å². The second-order valence-corrected chi connectivity index (χ2v) is 8.87. The van der Waals surface area contributed by atoms with Crippen LogP contribution in [0.5, 0.6) is 0 Å². The van der Waals surface area contributed by atoms with E-state index in [1.54, 1.807) is 14.0 Å². The summed E-state index contributed by atoms with van der Waals surface area (Å²) in [5, 5.41) is 2.84. The van der Waals surface area contributed by atoms with Gasteiger partial charge in [0.15, 0.2) is 0 Å². The maximum absolute atomic E-state index is 10.8. The number of carbonyl (C=O) groups is 2. The third-order valence-electron chi connectivity index (χ3n) is 5.08. The van der Waals surface area contributed by atoms with E-state index in [0.29, 0.717) is 18.9 Å². The molecule has 0 bridgehead atoms. The van der Waals surface area contributed by atoms with Crippen LogP contribution in [-0.2, 0) is 14.3 Å². The Balaban J connectivity index is -0.000000354. The fourth-order valence-electron chi connectivity index (χ4n) is 2.22. The van der Waals surface area contributed by atoms with Gasteiger partial charge in [-0.2, -0.15) is 0 Å². The first-order chi connectivity index (χ1) is 13.5. The van der Waals surface area contributed by atoms with E-state index in [1.165, 1.54) is 32.1 Å². The predicted molar refractivity (Wildman–Crippen MR) is 127 cm³/mol. The lowest BCUT2D eigenvalue weighted by atomic mass is 9.96. The van der Waals surface area contributed by atoms with Gasteiger partial charge >= 0.3 is 0 Å². The van der Waals surface area contributed by atoms with Gasteiger partial charge < -0.3 is 10.1 Å². The lowest BCUT2D eigenvalue weighted by molar-refractivity contribution is -0.122. The van der Waals surface area contributed by atoms with Crippen LogP contribution >= 0.6 is 0 Å². The Hall–Kier alpha value is -0.900. The zero-order valence-corrected chi connectivity index (χ0v) is 21.4. The molecule has 0 radical (unpaired) electrons. The second-order valence-electron chi connectivity index (χ2n) is 8.87. The van der Waals surface area contributed by atoms with Crippen LogP contribution in [-0.4, -0.2) is 32.0 Å². The maximum Gasteiger partial charge on any atom is 0.219 e. The molecular formula is C25H53NO3. The van der Waals surface area contributed by atoms with Gasteiger partial charge in [0.25, 0.3) is 0 Å². The Morgan fingerprint density at radius 2 is 1.38 bits per heavy atom. The first-order valence-electron chi connectivity index (χ1n) is 11.8. The Bertz CT molecular complexity index is 359. The Morgan fingerprint density at radius 3 is 1.66 bits per heavy atom. The van der Waals surface area contributed by atoms with Crippen LogP contribution in [0.1, 0.15) is 107 Å². The average molecular weight is 416 g/mol. The van der Waals surface area contributed by atoms with Crippen LogP contribution in [0.25, 0.3) is 0 Å². The zero-order valence-electron chi connectivity index (χ0n) is 21.4. The van der Waals surface area contributed by atoms with Gasteiger partial charge in [-0.25, -0.2) is 0 Å². The number of ketones is 1. The molecule has 176 valence electrons. The highest BCUT2D eigenvalue weighted by Crippen LogP contribution is 2.16. The molecule has 29 heavy (non-hydrogen) atoms. The summed E-state index contributed by atoms with van der Waals surface area (Å²) in [6.07, 6.45) is 8.59. The SMILES string of the molecule is CCC(C)CCCC(C)CC.CCCC(=O)NCC(C)C.COCC(C)C(C)=O. The lowest BCUT2D eigenvalue weighted by Crippen LogP contribution is -2.26. The topological polar surface area (TPSA) is 55.4 Å². The van der Waals surface area contributed by atoms with Crippen LogP contribution in [0.4, 0.5) is 0 Å². The summed E-state index contributed by atoms with van der Waals surface area (Å²) < 4.78 is 4.74. The highest BCUT2D eigenvalue weighted by atomic mass is 16.5. The zero-order chi connectivity index (χ0) is 23.2. The van der Waals surface area contributed by atoms with Crippen LogP contribution < -0.4 is 5.32 Å². The summed E-state index contributed by atoms with van der Waals surface area (Å²) in [5.74, 6) is 2.86. The number of nitrogens with one attached hydrogen (secondary N) is 1. The van der Waals surface area contributed by atoms with Crippen molar-refractivity contribution in [3.8, 4) is 0 Å². The number of ether oxygens (including phenoxy) is 1. The molecule has 1 amide bonds. The molecule has 1 N–H and O–H groups in total. The van der Waals surface area contributed by atoms with Gasteiger partial charge in [0, 0.05) is 26.0 Å². The molecule has 0 heterocycles. The first-order valence-corrected chi connectivity index (χ1v) is 11.8. The molecule has 0 saturated heterocycles. The molecule has 0 aromatic rings. The summed E-state index contributed by atoms with van der Waals surface area (Å²) >= 11 is 0. The number of amides is 1. The minimum atomic E-state index is 0.0556. The smallest absolute Gasteiger partial charge is 0.219 e. The minimum absolute atomic E-state index is 0.0556. The first kappa shape index (κ1) is 32.8. The Morgan fingerprint density at radius 1 is 0.897 bits per heavy atom. The number of carbonyl (C=O) groups excluding carboxylic acids is 2. The number of hydrogen-bond acceptors (Lipinski definition) is 3. The van der Waals surface area contributed by atoms with E-state index in [1.807, 2.05) is 13.8 Å². The van der Waals surface area contributed by atoms with Crippen molar-refractivity contribution in [1.29, 1.82) is 0 Å². The normalized spacial score (nSPS) is 13.3. The molecule has 0 spiro atoms. The summed E-state index contributed by atoms with van der Waals surface area (Å²) in [4.78, 5) is 21.3. The van der Waals surface area contributed by atoms with Crippen LogP contribution in [0.3, 0.4) is 0 Å². The molecule has 0 saturated carbocycles.